The molecule has 1 heterocycles. The number of carboxylic acid groups (broad SMARTS) is 1. The highest BCUT2D eigenvalue weighted by molar-refractivity contribution is 7.89. The highest BCUT2D eigenvalue weighted by atomic mass is 32.2. The molecule has 1 saturated carbocycles. The first-order chi connectivity index (χ1) is 12.5. The first-order valence-corrected chi connectivity index (χ1v) is 11.1. The van der Waals surface area contributed by atoms with Gasteiger partial charge in [-0.15, -0.1) is 0 Å². The maximum absolute atomic E-state index is 12.8. The molecule has 1 aliphatic carbocycles. The van der Waals surface area contributed by atoms with E-state index in [1.807, 2.05) is 4.90 Å². The molecule has 0 aromatic heterocycles. The van der Waals surface area contributed by atoms with Crippen LogP contribution in [0.5, 0.6) is 0 Å². The Morgan fingerprint density at radius 1 is 1.00 bits per heavy atom. The van der Waals surface area contributed by atoms with E-state index in [0.29, 0.717) is 5.69 Å². The lowest BCUT2D eigenvalue weighted by molar-refractivity contribution is 0.0697. The van der Waals surface area contributed by atoms with Crippen LogP contribution in [0.15, 0.2) is 23.1 Å². The first kappa shape index (κ1) is 19.2. The van der Waals surface area contributed by atoms with Crippen molar-refractivity contribution in [3.63, 3.8) is 0 Å². The Hall–Kier alpha value is -1.60. The average molecular weight is 381 g/mol. The number of nitrogens with zero attached hydrogens (tertiary/aromatic N) is 1. The standard InChI is InChI=1S/C19H28N2O4S/c22-19(23)17-14-16(10-11-18(17)21-12-6-3-7-13-21)26(24,25)20-15-8-4-1-2-5-9-15/h10-11,14-15,20H,1-9,12-13H2,(H,22,23). The quantitative estimate of drug-likeness (QED) is 0.765. The van der Waals surface area contributed by atoms with Crippen molar-refractivity contribution in [3.05, 3.63) is 23.8 Å². The molecule has 2 N–H and O–H groups in total. The minimum Gasteiger partial charge on any atom is -0.478 e. The van der Waals surface area contributed by atoms with E-state index < -0.39 is 16.0 Å². The highest BCUT2D eigenvalue weighted by Crippen LogP contribution is 2.27. The summed E-state index contributed by atoms with van der Waals surface area (Å²) in [6.45, 7) is 1.62. The van der Waals surface area contributed by atoms with E-state index in [0.717, 1.165) is 70.9 Å². The van der Waals surface area contributed by atoms with Crippen LogP contribution in [0.4, 0.5) is 5.69 Å². The molecule has 2 fully saturated rings. The van der Waals surface area contributed by atoms with Gasteiger partial charge in [0.25, 0.3) is 0 Å². The summed E-state index contributed by atoms with van der Waals surface area (Å²) in [5.41, 5.74) is 0.682. The molecule has 144 valence electrons. The Labute approximate surface area is 155 Å². The van der Waals surface area contributed by atoms with Gasteiger partial charge in [0, 0.05) is 19.1 Å². The molecule has 6 nitrogen and oxygen atoms in total. The zero-order valence-electron chi connectivity index (χ0n) is 15.1. The molecule has 0 bridgehead atoms. The van der Waals surface area contributed by atoms with E-state index in [1.54, 1.807) is 6.07 Å². The second kappa shape index (κ2) is 8.39. The number of benzene rings is 1. The van der Waals surface area contributed by atoms with Crippen molar-refractivity contribution >= 4 is 21.7 Å². The van der Waals surface area contributed by atoms with Crippen LogP contribution in [0.3, 0.4) is 0 Å². The molecule has 1 aromatic rings. The van der Waals surface area contributed by atoms with Crippen molar-refractivity contribution in [2.75, 3.05) is 18.0 Å². The number of hydrogen-bond donors (Lipinski definition) is 2. The summed E-state index contributed by atoms with van der Waals surface area (Å²) in [5.74, 6) is -1.09. The molecular formula is C19H28N2O4S. The van der Waals surface area contributed by atoms with Crippen molar-refractivity contribution in [2.45, 2.75) is 68.7 Å². The van der Waals surface area contributed by atoms with Gasteiger partial charge in [-0.05, 0) is 50.3 Å². The molecule has 3 rings (SSSR count). The van der Waals surface area contributed by atoms with Crippen LogP contribution < -0.4 is 9.62 Å². The lowest BCUT2D eigenvalue weighted by Gasteiger charge is -2.30. The number of nitrogens with one attached hydrogen (secondary N) is 1. The Morgan fingerprint density at radius 3 is 2.23 bits per heavy atom. The number of carboxylic acids is 1. The molecule has 0 amide bonds. The first-order valence-electron chi connectivity index (χ1n) is 9.62. The third-order valence-electron chi connectivity index (χ3n) is 5.38. The summed E-state index contributed by atoms with van der Waals surface area (Å²) in [4.78, 5) is 13.8. The van der Waals surface area contributed by atoms with Gasteiger partial charge >= 0.3 is 5.97 Å². The van der Waals surface area contributed by atoms with Crippen molar-refractivity contribution in [2.24, 2.45) is 0 Å². The molecule has 0 unspecified atom stereocenters. The summed E-state index contributed by atoms with van der Waals surface area (Å²) in [6, 6.07) is 4.44. The number of carbonyl (C=O) groups is 1. The minimum absolute atomic E-state index is 0.0416. The van der Waals surface area contributed by atoms with Gasteiger partial charge in [0.15, 0.2) is 0 Å². The third kappa shape index (κ3) is 4.57. The van der Waals surface area contributed by atoms with Gasteiger partial charge in [-0.1, -0.05) is 25.7 Å². The van der Waals surface area contributed by atoms with Crippen molar-refractivity contribution in [1.82, 2.24) is 4.72 Å². The van der Waals surface area contributed by atoms with Gasteiger partial charge in [0.05, 0.1) is 16.1 Å². The topological polar surface area (TPSA) is 86.7 Å². The monoisotopic (exact) mass is 380 g/mol. The van der Waals surface area contributed by atoms with Gasteiger partial charge in [0.1, 0.15) is 0 Å². The average Bonchev–Trinajstić information content (AvgIpc) is 2.90. The summed E-state index contributed by atoms with van der Waals surface area (Å²) in [7, 11) is -3.71. The smallest absolute Gasteiger partial charge is 0.337 e. The second-order valence-electron chi connectivity index (χ2n) is 7.34. The normalized spacial score (nSPS) is 19.9. The number of anilines is 1. The van der Waals surface area contributed by atoms with Crippen LogP contribution in [-0.4, -0.2) is 38.6 Å². The lowest BCUT2D eigenvalue weighted by atomic mass is 10.1. The molecule has 7 heteroatoms. The zero-order valence-corrected chi connectivity index (χ0v) is 15.9. The Kier molecular flexibility index (Phi) is 6.19. The van der Waals surface area contributed by atoms with Gasteiger partial charge in [-0.3, -0.25) is 0 Å². The van der Waals surface area contributed by atoms with Crippen LogP contribution in [0, 0.1) is 0 Å². The number of aromatic carboxylic acids is 1. The molecule has 26 heavy (non-hydrogen) atoms. The SMILES string of the molecule is O=C(O)c1cc(S(=O)(=O)NC2CCCCCC2)ccc1N1CCCCC1. The Bertz CT molecular complexity index is 734. The van der Waals surface area contributed by atoms with Crippen LogP contribution in [0.25, 0.3) is 0 Å². The fourth-order valence-electron chi connectivity index (χ4n) is 3.95. The van der Waals surface area contributed by atoms with Crippen molar-refractivity contribution in [3.8, 4) is 0 Å². The Balaban J connectivity index is 1.84. The summed E-state index contributed by atoms with van der Waals surface area (Å²) < 4.78 is 28.3. The van der Waals surface area contributed by atoms with Crippen LogP contribution in [0.1, 0.15) is 68.1 Å². The molecular weight excluding hydrogens is 352 g/mol. The molecule has 1 aliphatic heterocycles. The predicted octanol–water partition coefficient (Wildman–Crippen LogP) is 3.38. The van der Waals surface area contributed by atoms with Crippen LogP contribution in [0.2, 0.25) is 0 Å². The summed E-state index contributed by atoms with van der Waals surface area (Å²) in [6.07, 6.45) is 9.25. The summed E-state index contributed by atoms with van der Waals surface area (Å²) in [5, 5.41) is 9.60. The third-order valence-corrected chi connectivity index (χ3v) is 6.90. The largest absolute Gasteiger partial charge is 0.478 e. The molecule has 0 radical (unpaired) electrons. The minimum atomic E-state index is -3.71. The molecule has 2 aliphatic rings. The molecule has 0 atom stereocenters. The van der Waals surface area contributed by atoms with E-state index in [2.05, 4.69) is 4.72 Å². The molecule has 1 aromatic carbocycles. The van der Waals surface area contributed by atoms with E-state index in [1.165, 1.54) is 12.1 Å². The lowest BCUT2D eigenvalue weighted by Crippen LogP contribution is -2.35. The molecule has 1 saturated heterocycles. The van der Waals surface area contributed by atoms with E-state index in [-0.39, 0.29) is 16.5 Å². The summed E-state index contributed by atoms with van der Waals surface area (Å²) >= 11 is 0. The van der Waals surface area contributed by atoms with E-state index >= 15 is 0 Å². The van der Waals surface area contributed by atoms with Gasteiger partial charge in [-0.25, -0.2) is 17.9 Å². The van der Waals surface area contributed by atoms with E-state index in [9.17, 15) is 18.3 Å². The van der Waals surface area contributed by atoms with Crippen LogP contribution >= 0.6 is 0 Å². The molecule has 0 spiro atoms. The van der Waals surface area contributed by atoms with Crippen molar-refractivity contribution in [1.29, 1.82) is 0 Å². The predicted molar refractivity (Wildman–Crippen MR) is 101 cm³/mol. The van der Waals surface area contributed by atoms with Gasteiger partial charge < -0.3 is 10.0 Å². The number of hydrogen-bond acceptors (Lipinski definition) is 4. The fourth-order valence-corrected chi connectivity index (χ4v) is 5.28. The number of piperidine rings is 1. The zero-order chi connectivity index (χ0) is 18.6. The maximum atomic E-state index is 12.8. The number of sulfonamides is 1. The van der Waals surface area contributed by atoms with Crippen molar-refractivity contribution < 1.29 is 18.3 Å². The van der Waals surface area contributed by atoms with Crippen LogP contribution in [-0.2, 0) is 10.0 Å². The maximum Gasteiger partial charge on any atom is 0.337 e. The second-order valence-corrected chi connectivity index (χ2v) is 9.06. The van der Waals surface area contributed by atoms with Gasteiger partial charge in [0.2, 0.25) is 10.0 Å². The van der Waals surface area contributed by atoms with Gasteiger partial charge in [-0.2, -0.15) is 0 Å². The highest BCUT2D eigenvalue weighted by Gasteiger charge is 2.25. The fraction of sp³-hybridized carbons (Fsp3) is 0.632. The van der Waals surface area contributed by atoms with E-state index in [4.69, 9.17) is 0 Å². The Morgan fingerprint density at radius 2 is 1.62 bits per heavy atom. The number of rotatable bonds is 5.